The normalized spacial score (nSPS) is 18.9. The highest BCUT2D eigenvalue weighted by Gasteiger charge is 2.40. The molecule has 9 heteroatoms. The van der Waals surface area contributed by atoms with Gasteiger partial charge in [0, 0.05) is 25.6 Å². The van der Waals surface area contributed by atoms with Crippen LogP contribution in [0.2, 0.25) is 0 Å². The number of benzene rings is 2. The number of ether oxygens (including phenoxy) is 1. The van der Waals surface area contributed by atoms with E-state index >= 15 is 0 Å². The van der Waals surface area contributed by atoms with Crippen LogP contribution >= 0.6 is 0 Å². The molecular weight excluding hydrogens is 420 g/mol. The summed E-state index contributed by atoms with van der Waals surface area (Å²) in [7, 11) is 1.40. The van der Waals surface area contributed by atoms with E-state index in [0.29, 0.717) is 5.56 Å². The molecule has 1 aliphatic heterocycles. The molecule has 7 nitrogen and oxygen atoms in total. The molecule has 32 heavy (non-hydrogen) atoms. The molecule has 2 N–H and O–H groups in total. The van der Waals surface area contributed by atoms with Crippen LogP contribution in [0, 0.1) is 0 Å². The van der Waals surface area contributed by atoms with Crippen LogP contribution in [0.3, 0.4) is 0 Å². The van der Waals surface area contributed by atoms with E-state index in [1.54, 1.807) is 12.1 Å². The van der Waals surface area contributed by atoms with Gasteiger partial charge in [-0.1, -0.05) is 30.3 Å². The molecule has 0 unspecified atom stereocenters. The van der Waals surface area contributed by atoms with Crippen LogP contribution in [0.4, 0.5) is 8.78 Å². The van der Waals surface area contributed by atoms with Crippen molar-refractivity contribution >= 4 is 17.7 Å². The van der Waals surface area contributed by atoms with Gasteiger partial charge < -0.3 is 20.3 Å². The first-order valence-corrected chi connectivity index (χ1v) is 10.3. The number of fused-ring (bicyclic) bond motifs is 3. The summed E-state index contributed by atoms with van der Waals surface area (Å²) < 4.78 is 29.6. The second-order valence-corrected chi connectivity index (χ2v) is 7.82. The number of carbonyl (C=O) groups excluding carboxylic acids is 3. The lowest BCUT2D eigenvalue weighted by Crippen LogP contribution is -2.48. The zero-order valence-corrected chi connectivity index (χ0v) is 17.4. The molecule has 0 spiro atoms. The number of likely N-dealkylation sites (N-methyl/N-ethyl adjacent to an activating group) is 1. The molecule has 168 valence electrons. The van der Waals surface area contributed by atoms with Crippen LogP contribution in [0.25, 0.3) is 11.1 Å². The fraction of sp³-hybridized carbons (Fsp3) is 0.348. The molecular formula is C23H23F2N3O4. The first-order valence-electron chi connectivity index (χ1n) is 10.3. The van der Waals surface area contributed by atoms with Gasteiger partial charge in [0.1, 0.15) is 6.04 Å². The molecule has 3 amide bonds. The minimum absolute atomic E-state index is 0.0338. The van der Waals surface area contributed by atoms with Gasteiger partial charge in [-0.3, -0.25) is 14.4 Å². The lowest BCUT2D eigenvalue weighted by atomic mass is 10.0. The average molecular weight is 443 g/mol. The number of hydrogen-bond donors (Lipinski definition) is 2. The molecule has 0 radical (unpaired) electrons. The van der Waals surface area contributed by atoms with Crippen LogP contribution in [-0.2, 0) is 20.7 Å². The third kappa shape index (κ3) is 4.34. The molecule has 0 bridgehead atoms. The van der Waals surface area contributed by atoms with Crippen LogP contribution in [0.15, 0.2) is 42.5 Å². The van der Waals surface area contributed by atoms with Gasteiger partial charge in [-0.15, -0.1) is 0 Å². The van der Waals surface area contributed by atoms with E-state index in [2.05, 4.69) is 21.4 Å². The Hall–Kier alpha value is -3.33. The van der Waals surface area contributed by atoms with E-state index in [1.807, 2.05) is 24.3 Å². The summed E-state index contributed by atoms with van der Waals surface area (Å²) in [6.45, 7) is -3.50. The van der Waals surface area contributed by atoms with Crippen LogP contribution in [-0.4, -0.2) is 61.5 Å². The first-order chi connectivity index (χ1) is 15.4. The first kappa shape index (κ1) is 21.9. The number of hydrogen-bond acceptors (Lipinski definition) is 4. The standard InChI is InChI=1S/C23H23F2N3O4/c1-26-22(31)19-10-16(32-23(24)25)12-28(19)20(29)11-27-21(30)15-7-6-14-8-13-4-2-3-5-17(13)18(14)9-15/h2-7,9,16,19,23H,8,10-12H2,1H3,(H,26,31)(H,27,30)/t16-,19+/m1/s1. The molecule has 1 heterocycles. The van der Waals surface area contributed by atoms with Crippen molar-refractivity contribution in [3.8, 4) is 11.1 Å². The molecule has 1 aliphatic carbocycles. The Bertz CT molecular complexity index is 1060. The predicted molar refractivity (Wildman–Crippen MR) is 112 cm³/mol. The van der Waals surface area contributed by atoms with Crippen molar-refractivity contribution in [3.63, 3.8) is 0 Å². The third-order valence-corrected chi connectivity index (χ3v) is 5.89. The number of halogens is 2. The molecule has 0 aromatic heterocycles. The van der Waals surface area contributed by atoms with Crippen molar-refractivity contribution < 1.29 is 27.9 Å². The van der Waals surface area contributed by atoms with E-state index in [1.165, 1.54) is 17.5 Å². The topological polar surface area (TPSA) is 87.7 Å². The Kier molecular flexibility index (Phi) is 6.18. The van der Waals surface area contributed by atoms with Gasteiger partial charge in [-0.25, -0.2) is 0 Å². The number of rotatable bonds is 6. The highest BCUT2D eigenvalue weighted by molar-refractivity contribution is 5.99. The molecule has 2 aromatic carbocycles. The Morgan fingerprint density at radius 3 is 2.62 bits per heavy atom. The summed E-state index contributed by atoms with van der Waals surface area (Å²) in [5, 5.41) is 5.00. The maximum Gasteiger partial charge on any atom is 0.345 e. The number of alkyl halides is 2. The number of carbonyl (C=O) groups is 3. The highest BCUT2D eigenvalue weighted by atomic mass is 19.3. The smallest absolute Gasteiger partial charge is 0.345 e. The van der Waals surface area contributed by atoms with Gasteiger partial charge in [0.05, 0.1) is 12.6 Å². The summed E-state index contributed by atoms with van der Waals surface area (Å²) in [5.74, 6) is -1.44. The Balaban J connectivity index is 1.42. The van der Waals surface area contributed by atoms with E-state index in [9.17, 15) is 23.2 Å². The molecule has 1 fully saturated rings. The summed E-state index contributed by atoms with van der Waals surface area (Å²) >= 11 is 0. The Labute approximate surface area is 183 Å². The fourth-order valence-corrected chi connectivity index (χ4v) is 4.36. The van der Waals surface area contributed by atoms with E-state index in [4.69, 9.17) is 0 Å². The van der Waals surface area contributed by atoms with Crippen LogP contribution in [0.5, 0.6) is 0 Å². The largest absolute Gasteiger partial charge is 0.357 e. The van der Waals surface area contributed by atoms with E-state index in [0.717, 1.165) is 23.1 Å². The Morgan fingerprint density at radius 1 is 1.12 bits per heavy atom. The maximum atomic E-state index is 12.7. The minimum atomic E-state index is -3.00. The van der Waals surface area contributed by atoms with Gasteiger partial charge in [0.2, 0.25) is 11.8 Å². The van der Waals surface area contributed by atoms with Crippen LogP contribution in [0.1, 0.15) is 27.9 Å². The molecule has 2 aromatic rings. The number of likely N-dealkylation sites (tertiary alicyclic amines) is 1. The van der Waals surface area contributed by atoms with Crippen molar-refractivity contribution in [1.82, 2.24) is 15.5 Å². The monoisotopic (exact) mass is 443 g/mol. The average Bonchev–Trinajstić information content (AvgIpc) is 3.37. The summed E-state index contributed by atoms with van der Waals surface area (Å²) in [4.78, 5) is 38.6. The zero-order chi connectivity index (χ0) is 22.8. The van der Waals surface area contributed by atoms with E-state index < -0.39 is 36.5 Å². The van der Waals surface area contributed by atoms with Crippen molar-refractivity contribution in [2.24, 2.45) is 0 Å². The van der Waals surface area contributed by atoms with Crippen LogP contribution < -0.4 is 10.6 Å². The predicted octanol–water partition coefficient (Wildman–Crippen LogP) is 1.94. The second-order valence-electron chi connectivity index (χ2n) is 7.82. The van der Waals surface area contributed by atoms with Crippen molar-refractivity contribution in [2.45, 2.75) is 31.6 Å². The molecule has 0 saturated carbocycles. The SMILES string of the molecule is CNC(=O)[C@@H]1C[C@@H](OC(F)F)CN1C(=O)CNC(=O)c1ccc2c(c1)-c1ccccc1C2. The summed E-state index contributed by atoms with van der Waals surface area (Å²) in [6.07, 6.45) is -0.175. The Morgan fingerprint density at radius 2 is 1.88 bits per heavy atom. The highest BCUT2D eigenvalue weighted by Crippen LogP contribution is 2.36. The lowest BCUT2D eigenvalue weighted by Gasteiger charge is -2.23. The lowest BCUT2D eigenvalue weighted by molar-refractivity contribution is -0.160. The molecule has 4 rings (SSSR count). The van der Waals surface area contributed by atoms with Gasteiger partial charge >= 0.3 is 6.61 Å². The minimum Gasteiger partial charge on any atom is -0.357 e. The van der Waals surface area contributed by atoms with Gasteiger partial charge in [0.15, 0.2) is 0 Å². The van der Waals surface area contributed by atoms with Crippen molar-refractivity contribution in [2.75, 3.05) is 20.1 Å². The fourth-order valence-electron chi connectivity index (χ4n) is 4.36. The summed E-state index contributed by atoms with van der Waals surface area (Å²) in [6, 6.07) is 12.5. The molecule has 2 atom stereocenters. The molecule has 1 saturated heterocycles. The number of amides is 3. The summed E-state index contributed by atoms with van der Waals surface area (Å²) in [5.41, 5.74) is 4.82. The third-order valence-electron chi connectivity index (χ3n) is 5.89. The van der Waals surface area contributed by atoms with Gasteiger partial charge in [-0.05, 0) is 40.8 Å². The quantitative estimate of drug-likeness (QED) is 0.610. The second kappa shape index (κ2) is 9.04. The van der Waals surface area contributed by atoms with Gasteiger partial charge in [0.25, 0.3) is 5.91 Å². The number of nitrogens with one attached hydrogen (secondary N) is 2. The zero-order valence-electron chi connectivity index (χ0n) is 17.4. The number of nitrogens with zero attached hydrogens (tertiary/aromatic N) is 1. The van der Waals surface area contributed by atoms with E-state index in [-0.39, 0.29) is 19.5 Å². The van der Waals surface area contributed by atoms with Crippen molar-refractivity contribution in [3.05, 3.63) is 59.2 Å². The maximum absolute atomic E-state index is 12.7. The molecule has 2 aliphatic rings. The van der Waals surface area contributed by atoms with Crippen molar-refractivity contribution in [1.29, 1.82) is 0 Å². The van der Waals surface area contributed by atoms with Gasteiger partial charge in [-0.2, -0.15) is 8.78 Å².